The molecule has 1 fully saturated rings. The highest BCUT2D eigenvalue weighted by molar-refractivity contribution is 7.89. The Labute approximate surface area is 80.1 Å². The fraction of sp³-hybridized carbons (Fsp3) is 1.00. The molecule has 0 aromatic heterocycles. The molecule has 5 heteroatoms. The first-order valence-corrected chi connectivity index (χ1v) is 6.47. The molecule has 1 aliphatic carbocycles. The Balaban J connectivity index is 2.11. The van der Waals surface area contributed by atoms with Crippen LogP contribution in [0.2, 0.25) is 0 Å². The molecule has 2 N–H and O–H groups in total. The molecule has 0 atom stereocenters. The van der Waals surface area contributed by atoms with Gasteiger partial charge in [-0.2, -0.15) is 0 Å². The molecule has 0 bridgehead atoms. The summed E-state index contributed by atoms with van der Waals surface area (Å²) in [5.41, 5.74) is 0. The summed E-state index contributed by atoms with van der Waals surface area (Å²) >= 11 is 0. The molecule has 78 valence electrons. The molecule has 0 amide bonds. The number of nitrogens with one attached hydrogen (secondary N) is 2. The number of rotatable bonds is 7. The van der Waals surface area contributed by atoms with Crippen LogP contribution in [-0.4, -0.2) is 33.8 Å². The van der Waals surface area contributed by atoms with Gasteiger partial charge in [0.05, 0.1) is 5.75 Å². The van der Waals surface area contributed by atoms with Crippen LogP contribution in [0.15, 0.2) is 0 Å². The summed E-state index contributed by atoms with van der Waals surface area (Å²) in [6.07, 6.45) is 2.35. The number of hydrogen-bond acceptors (Lipinski definition) is 3. The van der Waals surface area contributed by atoms with Crippen molar-refractivity contribution < 1.29 is 8.42 Å². The minimum atomic E-state index is -3.02. The predicted molar refractivity (Wildman–Crippen MR) is 53.1 cm³/mol. The molecule has 0 aromatic rings. The molecule has 1 rings (SSSR count). The van der Waals surface area contributed by atoms with E-state index in [1.807, 2.05) is 6.92 Å². The van der Waals surface area contributed by atoms with Gasteiger partial charge in [0.1, 0.15) is 0 Å². The van der Waals surface area contributed by atoms with Crippen LogP contribution in [0.5, 0.6) is 0 Å². The summed E-state index contributed by atoms with van der Waals surface area (Å²) in [5.74, 6) is 0.794. The Morgan fingerprint density at radius 1 is 1.38 bits per heavy atom. The Morgan fingerprint density at radius 3 is 2.62 bits per heavy atom. The van der Waals surface area contributed by atoms with Crippen LogP contribution >= 0.6 is 0 Å². The lowest BCUT2D eigenvalue weighted by Crippen LogP contribution is -2.33. The minimum Gasteiger partial charge on any atom is -0.316 e. The van der Waals surface area contributed by atoms with E-state index in [1.165, 1.54) is 12.8 Å². The lowest BCUT2D eigenvalue weighted by atomic mass is 10.4. The van der Waals surface area contributed by atoms with Crippen LogP contribution in [0.3, 0.4) is 0 Å². The fourth-order valence-corrected chi connectivity index (χ4v) is 2.07. The molecule has 1 saturated carbocycles. The third-order valence-corrected chi connectivity index (χ3v) is 3.43. The van der Waals surface area contributed by atoms with Crippen molar-refractivity contribution in [1.82, 2.24) is 10.0 Å². The topological polar surface area (TPSA) is 58.2 Å². The van der Waals surface area contributed by atoms with E-state index in [-0.39, 0.29) is 5.75 Å². The van der Waals surface area contributed by atoms with E-state index >= 15 is 0 Å². The van der Waals surface area contributed by atoms with Gasteiger partial charge in [-0.05, 0) is 25.3 Å². The smallest absolute Gasteiger partial charge is 0.212 e. The highest BCUT2D eigenvalue weighted by Gasteiger charge is 2.23. The van der Waals surface area contributed by atoms with Crippen molar-refractivity contribution in [3.8, 4) is 0 Å². The van der Waals surface area contributed by atoms with Gasteiger partial charge in [0.2, 0.25) is 10.0 Å². The normalized spacial score (nSPS) is 17.6. The molecule has 0 aliphatic heterocycles. The summed E-state index contributed by atoms with van der Waals surface area (Å²) < 4.78 is 25.2. The maximum Gasteiger partial charge on any atom is 0.212 e. The Bertz CT molecular complexity index is 235. The van der Waals surface area contributed by atoms with E-state index in [0.717, 1.165) is 6.54 Å². The van der Waals surface area contributed by atoms with Gasteiger partial charge in [0.25, 0.3) is 0 Å². The molecule has 0 radical (unpaired) electrons. The van der Waals surface area contributed by atoms with Crippen LogP contribution in [0, 0.1) is 5.92 Å². The Kier molecular flexibility index (Phi) is 4.15. The average molecular weight is 206 g/mol. The molecule has 0 spiro atoms. The molecular formula is C8H18N2O2S. The minimum absolute atomic E-state index is 0.188. The van der Waals surface area contributed by atoms with Crippen molar-refractivity contribution in [3.05, 3.63) is 0 Å². The standard InChI is InChI=1S/C8H18N2O2S/c1-2-9-5-6-13(11,12)10-7-8-3-4-8/h8-10H,2-7H2,1H3. The van der Waals surface area contributed by atoms with Gasteiger partial charge in [0, 0.05) is 13.1 Å². The fourth-order valence-electron chi connectivity index (χ4n) is 1.02. The molecular weight excluding hydrogens is 188 g/mol. The van der Waals surface area contributed by atoms with E-state index < -0.39 is 10.0 Å². The van der Waals surface area contributed by atoms with Crippen molar-refractivity contribution in [2.75, 3.05) is 25.4 Å². The van der Waals surface area contributed by atoms with E-state index in [4.69, 9.17) is 0 Å². The molecule has 0 unspecified atom stereocenters. The van der Waals surface area contributed by atoms with Gasteiger partial charge in [-0.1, -0.05) is 6.92 Å². The van der Waals surface area contributed by atoms with Crippen LogP contribution in [0.4, 0.5) is 0 Å². The second-order valence-electron chi connectivity index (χ2n) is 3.46. The summed E-state index contributed by atoms with van der Waals surface area (Å²) in [6.45, 7) is 3.95. The first kappa shape index (κ1) is 10.9. The van der Waals surface area contributed by atoms with Crippen molar-refractivity contribution in [2.24, 2.45) is 5.92 Å². The summed E-state index contributed by atoms with van der Waals surface area (Å²) in [4.78, 5) is 0. The van der Waals surface area contributed by atoms with Crippen molar-refractivity contribution in [3.63, 3.8) is 0 Å². The third-order valence-electron chi connectivity index (χ3n) is 2.09. The zero-order valence-electron chi connectivity index (χ0n) is 8.04. The maximum absolute atomic E-state index is 11.3. The van der Waals surface area contributed by atoms with Crippen molar-refractivity contribution in [1.29, 1.82) is 0 Å². The quantitative estimate of drug-likeness (QED) is 0.573. The summed E-state index contributed by atoms with van der Waals surface area (Å²) in [7, 11) is -3.02. The largest absolute Gasteiger partial charge is 0.316 e. The highest BCUT2D eigenvalue weighted by Crippen LogP contribution is 2.27. The van der Waals surface area contributed by atoms with Gasteiger partial charge in [0.15, 0.2) is 0 Å². The Hall–Kier alpha value is -0.130. The zero-order chi connectivity index (χ0) is 9.73. The average Bonchev–Trinajstić information content (AvgIpc) is 2.84. The van der Waals surface area contributed by atoms with Gasteiger partial charge in [-0.25, -0.2) is 13.1 Å². The van der Waals surface area contributed by atoms with E-state index in [9.17, 15) is 8.42 Å². The van der Waals surface area contributed by atoms with E-state index in [2.05, 4.69) is 10.0 Å². The molecule has 0 aromatic carbocycles. The first-order chi connectivity index (χ1) is 6.14. The molecule has 13 heavy (non-hydrogen) atoms. The van der Waals surface area contributed by atoms with Crippen LogP contribution in [0.25, 0.3) is 0 Å². The number of sulfonamides is 1. The van der Waals surface area contributed by atoms with Crippen LogP contribution in [-0.2, 0) is 10.0 Å². The zero-order valence-corrected chi connectivity index (χ0v) is 8.86. The maximum atomic E-state index is 11.3. The van der Waals surface area contributed by atoms with Gasteiger partial charge in [-0.3, -0.25) is 0 Å². The second kappa shape index (κ2) is 4.93. The van der Waals surface area contributed by atoms with E-state index in [0.29, 0.717) is 19.0 Å². The number of hydrogen-bond donors (Lipinski definition) is 2. The Morgan fingerprint density at radius 2 is 2.08 bits per heavy atom. The molecule has 4 nitrogen and oxygen atoms in total. The monoisotopic (exact) mass is 206 g/mol. The second-order valence-corrected chi connectivity index (χ2v) is 5.39. The van der Waals surface area contributed by atoms with Crippen LogP contribution < -0.4 is 10.0 Å². The third kappa shape index (κ3) is 5.23. The molecule has 0 saturated heterocycles. The van der Waals surface area contributed by atoms with Gasteiger partial charge in [-0.15, -0.1) is 0 Å². The highest BCUT2D eigenvalue weighted by atomic mass is 32.2. The lowest BCUT2D eigenvalue weighted by molar-refractivity contribution is 0.573. The summed E-state index contributed by atoms with van der Waals surface area (Å²) in [6, 6.07) is 0. The van der Waals surface area contributed by atoms with Gasteiger partial charge >= 0.3 is 0 Å². The molecule has 1 aliphatic rings. The van der Waals surface area contributed by atoms with Crippen LogP contribution in [0.1, 0.15) is 19.8 Å². The predicted octanol–water partition coefficient (Wildman–Crippen LogP) is -0.0747. The van der Waals surface area contributed by atoms with E-state index in [1.54, 1.807) is 0 Å². The molecule has 0 heterocycles. The lowest BCUT2D eigenvalue weighted by Gasteiger charge is -2.05. The first-order valence-electron chi connectivity index (χ1n) is 4.82. The van der Waals surface area contributed by atoms with Gasteiger partial charge < -0.3 is 5.32 Å². The SMILES string of the molecule is CCNCCS(=O)(=O)NCC1CC1. The van der Waals surface area contributed by atoms with Crippen molar-refractivity contribution in [2.45, 2.75) is 19.8 Å². The van der Waals surface area contributed by atoms with Crippen molar-refractivity contribution >= 4 is 10.0 Å². The summed E-state index contributed by atoms with van der Waals surface area (Å²) in [5, 5.41) is 2.99.